The predicted octanol–water partition coefficient (Wildman–Crippen LogP) is 3.33. The monoisotopic (exact) mass is 406 g/mol. The van der Waals surface area contributed by atoms with E-state index in [9.17, 15) is 14.4 Å². The van der Waals surface area contributed by atoms with Crippen molar-refractivity contribution in [1.82, 2.24) is 9.80 Å². The number of carbonyl (C=O) groups is 3. The van der Waals surface area contributed by atoms with Gasteiger partial charge >= 0.3 is 0 Å². The van der Waals surface area contributed by atoms with Crippen molar-refractivity contribution in [1.29, 1.82) is 0 Å². The first-order valence-electron chi connectivity index (χ1n) is 8.80. The minimum atomic E-state index is -0.269. The summed E-state index contributed by atoms with van der Waals surface area (Å²) in [4.78, 5) is 40.4. The summed E-state index contributed by atoms with van der Waals surface area (Å²) < 4.78 is 0.776. The topological polar surface area (TPSA) is 57.7 Å². The summed E-state index contributed by atoms with van der Waals surface area (Å²) in [5.41, 5.74) is 0.877. The van der Waals surface area contributed by atoms with Gasteiger partial charge in [0.15, 0.2) is 0 Å². The molecule has 1 fully saturated rings. The Balaban J connectivity index is 1.55. The van der Waals surface area contributed by atoms with E-state index < -0.39 is 0 Å². The van der Waals surface area contributed by atoms with Gasteiger partial charge in [-0.3, -0.25) is 19.3 Å². The van der Waals surface area contributed by atoms with Gasteiger partial charge in [0.2, 0.25) is 5.91 Å². The molecule has 5 nitrogen and oxygen atoms in total. The highest BCUT2D eigenvalue weighted by atomic mass is 79.9. The zero-order valence-electron chi connectivity index (χ0n) is 14.6. The van der Waals surface area contributed by atoms with Gasteiger partial charge in [0.25, 0.3) is 11.8 Å². The fraction of sp³-hybridized carbons (Fsp3) is 0.526. The molecule has 0 aliphatic carbocycles. The van der Waals surface area contributed by atoms with Gasteiger partial charge in [-0.05, 0) is 42.9 Å². The number of amides is 3. The SMILES string of the molecule is CC1CC(C)CN(C(=O)CCCN2C(=O)c3ccc(Br)cc3C2=O)C1. The van der Waals surface area contributed by atoms with Gasteiger partial charge in [0, 0.05) is 30.5 Å². The molecule has 0 N–H and O–H groups in total. The lowest BCUT2D eigenvalue weighted by molar-refractivity contribution is -0.134. The van der Waals surface area contributed by atoms with Gasteiger partial charge < -0.3 is 4.90 Å². The van der Waals surface area contributed by atoms with Crippen LogP contribution in [-0.4, -0.2) is 47.2 Å². The van der Waals surface area contributed by atoms with Crippen LogP contribution in [0.3, 0.4) is 0 Å². The van der Waals surface area contributed by atoms with Crippen molar-refractivity contribution in [2.45, 2.75) is 33.1 Å². The van der Waals surface area contributed by atoms with Crippen molar-refractivity contribution < 1.29 is 14.4 Å². The third kappa shape index (κ3) is 3.78. The number of piperidine rings is 1. The van der Waals surface area contributed by atoms with E-state index in [-0.39, 0.29) is 24.3 Å². The molecule has 3 rings (SSSR count). The number of carbonyl (C=O) groups excluding carboxylic acids is 3. The largest absolute Gasteiger partial charge is 0.342 e. The van der Waals surface area contributed by atoms with Crippen LogP contribution in [0.1, 0.15) is 53.8 Å². The van der Waals surface area contributed by atoms with Crippen LogP contribution in [0.5, 0.6) is 0 Å². The Labute approximate surface area is 156 Å². The summed E-state index contributed by atoms with van der Waals surface area (Å²) in [5, 5.41) is 0. The highest BCUT2D eigenvalue weighted by Crippen LogP contribution is 2.26. The molecule has 2 aliphatic rings. The fourth-order valence-corrected chi connectivity index (χ4v) is 4.24. The number of imide groups is 1. The Morgan fingerprint density at radius 2 is 1.76 bits per heavy atom. The van der Waals surface area contributed by atoms with Crippen molar-refractivity contribution in [3.8, 4) is 0 Å². The molecule has 1 aromatic carbocycles. The second kappa shape index (κ2) is 7.28. The number of hydrogen-bond acceptors (Lipinski definition) is 3. The first-order valence-corrected chi connectivity index (χ1v) is 9.59. The van der Waals surface area contributed by atoms with E-state index in [2.05, 4.69) is 29.8 Å². The molecule has 1 aromatic rings. The van der Waals surface area contributed by atoms with Crippen molar-refractivity contribution in [2.24, 2.45) is 11.8 Å². The number of hydrogen-bond donors (Lipinski definition) is 0. The molecule has 25 heavy (non-hydrogen) atoms. The smallest absolute Gasteiger partial charge is 0.261 e. The third-order valence-electron chi connectivity index (χ3n) is 4.93. The Bertz CT molecular complexity index is 709. The molecule has 6 heteroatoms. The van der Waals surface area contributed by atoms with E-state index in [1.807, 2.05) is 4.90 Å². The Hall–Kier alpha value is -1.69. The van der Waals surface area contributed by atoms with Crippen LogP contribution in [0.4, 0.5) is 0 Å². The van der Waals surface area contributed by atoms with E-state index in [4.69, 9.17) is 0 Å². The number of halogens is 1. The summed E-state index contributed by atoms with van der Waals surface area (Å²) in [7, 11) is 0. The average molecular weight is 407 g/mol. The summed E-state index contributed by atoms with van der Waals surface area (Å²) in [6, 6.07) is 5.11. The lowest BCUT2D eigenvalue weighted by atomic mass is 9.91. The Morgan fingerprint density at radius 3 is 2.44 bits per heavy atom. The second-order valence-electron chi connectivity index (χ2n) is 7.30. The molecule has 134 valence electrons. The third-order valence-corrected chi connectivity index (χ3v) is 5.42. The maximum absolute atomic E-state index is 12.4. The quantitative estimate of drug-likeness (QED) is 0.720. The minimum Gasteiger partial charge on any atom is -0.342 e. The lowest BCUT2D eigenvalue weighted by Gasteiger charge is -2.35. The van der Waals surface area contributed by atoms with Gasteiger partial charge in [-0.2, -0.15) is 0 Å². The summed E-state index contributed by atoms with van der Waals surface area (Å²) in [6.45, 7) is 6.25. The van der Waals surface area contributed by atoms with Gasteiger partial charge in [-0.25, -0.2) is 0 Å². The normalized spacial score (nSPS) is 23.2. The first-order chi connectivity index (χ1) is 11.9. The molecule has 2 atom stereocenters. The number of nitrogens with zero attached hydrogens (tertiary/aromatic N) is 2. The molecule has 1 saturated heterocycles. The van der Waals surface area contributed by atoms with Crippen LogP contribution in [-0.2, 0) is 4.79 Å². The maximum atomic E-state index is 12.4. The standard InChI is InChI=1S/C19H23BrN2O3/c1-12-8-13(2)11-21(10-12)17(23)4-3-7-22-18(24)15-6-5-14(20)9-16(15)19(22)25/h5-6,9,12-13H,3-4,7-8,10-11H2,1-2H3. The van der Waals surface area contributed by atoms with Crippen LogP contribution in [0.25, 0.3) is 0 Å². The second-order valence-corrected chi connectivity index (χ2v) is 8.22. The van der Waals surface area contributed by atoms with Crippen LogP contribution in [0, 0.1) is 11.8 Å². The highest BCUT2D eigenvalue weighted by Gasteiger charge is 2.35. The molecule has 2 unspecified atom stereocenters. The molecule has 2 aliphatic heterocycles. The highest BCUT2D eigenvalue weighted by molar-refractivity contribution is 9.10. The van der Waals surface area contributed by atoms with Crippen molar-refractivity contribution in [3.05, 3.63) is 33.8 Å². The molecular formula is C19H23BrN2O3. The van der Waals surface area contributed by atoms with Crippen molar-refractivity contribution in [2.75, 3.05) is 19.6 Å². The Kier molecular flexibility index (Phi) is 5.27. The van der Waals surface area contributed by atoms with E-state index in [1.165, 1.54) is 4.90 Å². The van der Waals surface area contributed by atoms with Gasteiger partial charge in [0.1, 0.15) is 0 Å². The van der Waals surface area contributed by atoms with Crippen LogP contribution in [0.2, 0.25) is 0 Å². The van der Waals surface area contributed by atoms with E-state index >= 15 is 0 Å². The zero-order chi connectivity index (χ0) is 18.1. The van der Waals surface area contributed by atoms with Crippen LogP contribution < -0.4 is 0 Å². The zero-order valence-corrected chi connectivity index (χ0v) is 16.2. The molecule has 0 spiro atoms. The molecule has 3 amide bonds. The van der Waals surface area contributed by atoms with Gasteiger partial charge in [-0.1, -0.05) is 29.8 Å². The lowest BCUT2D eigenvalue weighted by Crippen LogP contribution is -2.42. The number of likely N-dealkylation sites (tertiary alicyclic amines) is 1. The molecule has 2 heterocycles. The first kappa shape index (κ1) is 18.1. The van der Waals surface area contributed by atoms with Crippen LogP contribution in [0.15, 0.2) is 22.7 Å². The van der Waals surface area contributed by atoms with Crippen molar-refractivity contribution >= 4 is 33.7 Å². The number of rotatable bonds is 4. The fourth-order valence-electron chi connectivity index (χ4n) is 3.88. The van der Waals surface area contributed by atoms with Gasteiger partial charge in [0.05, 0.1) is 11.1 Å². The molecule has 0 bridgehead atoms. The number of fused-ring (bicyclic) bond motifs is 1. The molecule has 0 saturated carbocycles. The summed E-state index contributed by atoms with van der Waals surface area (Å²) in [6.07, 6.45) is 2.04. The number of benzene rings is 1. The van der Waals surface area contributed by atoms with E-state index in [1.54, 1.807) is 18.2 Å². The van der Waals surface area contributed by atoms with Gasteiger partial charge in [-0.15, -0.1) is 0 Å². The summed E-state index contributed by atoms with van der Waals surface area (Å²) in [5.74, 6) is 0.650. The van der Waals surface area contributed by atoms with E-state index in [0.29, 0.717) is 35.8 Å². The molecule has 0 aromatic heterocycles. The van der Waals surface area contributed by atoms with Crippen molar-refractivity contribution in [3.63, 3.8) is 0 Å². The average Bonchev–Trinajstić information content (AvgIpc) is 2.78. The maximum Gasteiger partial charge on any atom is 0.261 e. The minimum absolute atomic E-state index is 0.123. The summed E-state index contributed by atoms with van der Waals surface area (Å²) >= 11 is 3.33. The molecular weight excluding hydrogens is 384 g/mol. The van der Waals surface area contributed by atoms with E-state index in [0.717, 1.165) is 24.0 Å². The predicted molar refractivity (Wildman–Crippen MR) is 98.3 cm³/mol. The van der Waals surface area contributed by atoms with Crippen LogP contribution >= 0.6 is 15.9 Å². The molecule has 0 radical (unpaired) electrons. The Morgan fingerprint density at radius 1 is 1.12 bits per heavy atom.